The van der Waals surface area contributed by atoms with Crippen LogP contribution in [0.2, 0.25) is 5.02 Å². The number of hydrogen-bond donors (Lipinski definition) is 2. The van der Waals surface area contributed by atoms with Gasteiger partial charge in [0.05, 0.1) is 11.0 Å². The number of halogens is 1. The van der Waals surface area contributed by atoms with Crippen LogP contribution in [0.4, 0.5) is 0 Å². The lowest BCUT2D eigenvalue weighted by Crippen LogP contribution is -2.29. The van der Waals surface area contributed by atoms with Gasteiger partial charge in [-0.1, -0.05) is 11.6 Å². The highest BCUT2D eigenvalue weighted by Crippen LogP contribution is 2.20. The summed E-state index contributed by atoms with van der Waals surface area (Å²) in [5.41, 5.74) is -0.0673. The first-order valence-electron chi connectivity index (χ1n) is 5.42. The van der Waals surface area contributed by atoms with Crippen LogP contribution in [0.1, 0.15) is 12.5 Å². The van der Waals surface area contributed by atoms with Gasteiger partial charge in [0.15, 0.2) is 0 Å². The molecule has 99 valence electrons. The van der Waals surface area contributed by atoms with Crippen molar-refractivity contribution in [3.8, 4) is 0 Å². The van der Waals surface area contributed by atoms with Gasteiger partial charge in [-0.15, -0.1) is 0 Å². The highest BCUT2D eigenvalue weighted by Gasteiger charge is 2.10. The minimum atomic E-state index is -0.755. The van der Waals surface area contributed by atoms with Gasteiger partial charge in [0, 0.05) is 25.5 Å². The number of rotatable bonds is 2. The van der Waals surface area contributed by atoms with Crippen LogP contribution in [-0.4, -0.2) is 20.8 Å². The molecule has 2 N–H and O–H groups in total. The van der Waals surface area contributed by atoms with Crippen LogP contribution < -0.4 is 11.1 Å². The summed E-state index contributed by atoms with van der Waals surface area (Å²) in [7, 11) is 3.59. The Morgan fingerprint density at radius 1 is 1.32 bits per heavy atom. The number of nitrogens with one attached hydrogen (secondary N) is 2. The Bertz CT molecular complexity index is 763. The average Bonchev–Trinajstić information content (AvgIpc) is 2.31. The summed E-state index contributed by atoms with van der Waals surface area (Å²) in [4.78, 5) is 40.0. The fourth-order valence-corrected chi connectivity index (χ4v) is 1.94. The number of fused-ring (bicyclic) bond motifs is 1. The molecule has 1 aromatic carbocycles. The molecular formula is C12H11ClN3O3. The summed E-state index contributed by atoms with van der Waals surface area (Å²) in [6, 6.07) is 3.14. The van der Waals surface area contributed by atoms with Crippen molar-refractivity contribution in [1.82, 2.24) is 14.9 Å². The third-order valence-electron chi connectivity index (χ3n) is 2.68. The summed E-state index contributed by atoms with van der Waals surface area (Å²) in [5, 5.41) is 0.391. The monoisotopic (exact) mass is 280 g/mol. The third kappa shape index (κ3) is 2.68. The molecule has 1 heterocycles. The molecule has 2 rings (SSSR count). The summed E-state index contributed by atoms with van der Waals surface area (Å²) >= 11 is 5.94. The Morgan fingerprint density at radius 2 is 1.95 bits per heavy atom. The Balaban J connectivity index is 2.66. The van der Waals surface area contributed by atoms with Crippen molar-refractivity contribution in [3.63, 3.8) is 0 Å². The van der Waals surface area contributed by atoms with E-state index in [1.165, 1.54) is 17.9 Å². The minimum Gasteiger partial charge on any atom is -0.337 e. The smallest absolute Gasteiger partial charge is 0.314 e. The average molecular weight is 281 g/mol. The highest BCUT2D eigenvalue weighted by atomic mass is 35.5. The predicted molar refractivity (Wildman–Crippen MR) is 71.8 cm³/mol. The van der Waals surface area contributed by atoms with Crippen LogP contribution in [0, 0.1) is 7.05 Å². The molecule has 0 saturated heterocycles. The number of carbonyl (C=O) groups is 1. The van der Waals surface area contributed by atoms with E-state index < -0.39 is 11.1 Å². The second-order valence-corrected chi connectivity index (χ2v) is 4.55. The summed E-state index contributed by atoms with van der Waals surface area (Å²) in [5.74, 6) is -0.222. The molecule has 1 amide bonds. The van der Waals surface area contributed by atoms with Crippen molar-refractivity contribution in [2.24, 2.45) is 0 Å². The zero-order chi connectivity index (χ0) is 14.2. The number of hydrogen-bond acceptors (Lipinski definition) is 3. The van der Waals surface area contributed by atoms with E-state index in [4.69, 9.17) is 11.6 Å². The standard InChI is InChI=1S/C12H11ClN3O3/c1-6(17)16(2)5-7-3-8(13)4-9-10(7)15-12(19)11(18)14-9/h3-4H,2,5H2,1H3,(H,14,18)(H,15,19). The maximum Gasteiger partial charge on any atom is 0.314 e. The van der Waals surface area contributed by atoms with Crippen molar-refractivity contribution in [1.29, 1.82) is 0 Å². The summed E-state index contributed by atoms with van der Waals surface area (Å²) in [6.45, 7) is 1.55. The van der Waals surface area contributed by atoms with Crippen LogP contribution in [0.5, 0.6) is 0 Å². The fourth-order valence-electron chi connectivity index (χ4n) is 1.70. The first kappa shape index (κ1) is 13.4. The van der Waals surface area contributed by atoms with Gasteiger partial charge in [0.1, 0.15) is 0 Å². The zero-order valence-corrected chi connectivity index (χ0v) is 10.9. The first-order chi connectivity index (χ1) is 8.88. The summed E-state index contributed by atoms with van der Waals surface area (Å²) in [6.07, 6.45) is 0. The van der Waals surface area contributed by atoms with Gasteiger partial charge < -0.3 is 14.9 Å². The molecule has 0 aliphatic heterocycles. The number of aromatic amines is 2. The van der Waals surface area contributed by atoms with E-state index in [9.17, 15) is 14.4 Å². The lowest BCUT2D eigenvalue weighted by atomic mass is 10.1. The molecular weight excluding hydrogens is 270 g/mol. The van der Waals surface area contributed by atoms with Gasteiger partial charge in [-0.25, -0.2) is 0 Å². The topological polar surface area (TPSA) is 86.0 Å². The highest BCUT2D eigenvalue weighted by molar-refractivity contribution is 6.31. The largest absolute Gasteiger partial charge is 0.337 e. The number of nitrogens with zero attached hydrogens (tertiary/aromatic N) is 1. The van der Waals surface area contributed by atoms with Crippen molar-refractivity contribution in [2.75, 3.05) is 0 Å². The maximum absolute atomic E-state index is 11.4. The number of amides is 1. The second-order valence-electron chi connectivity index (χ2n) is 4.11. The quantitative estimate of drug-likeness (QED) is 0.805. The van der Waals surface area contributed by atoms with Gasteiger partial charge in [-0.3, -0.25) is 14.4 Å². The van der Waals surface area contributed by atoms with Gasteiger partial charge in [0.25, 0.3) is 0 Å². The van der Waals surface area contributed by atoms with Crippen molar-refractivity contribution >= 4 is 28.5 Å². The second kappa shape index (κ2) is 4.89. The SMILES string of the molecule is [CH2]N(Cc1cc(Cl)cc2[nH]c(=O)c(=O)[nH]c12)C(C)=O. The first-order valence-corrected chi connectivity index (χ1v) is 5.79. The fraction of sp³-hybridized carbons (Fsp3) is 0.167. The molecule has 6 nitrogen and oxygen atoms in total. The van der Waals surface area contributed by atoms with Crippen LogP contribution in [0.3, 0.4) is 0 Å². The van der Waals surface area contributed by atoms with Gasteiger partial charge in [-0.05, 0) is 17.7 Å². The molecule has 1 radical (unpaired) electrons. The number of carbonyl (C=O) groups excluding carboxylic acids is 1. The maximum atomic E-state index is 11.4. The molecule has 0 unspecified atom stereocenters. The Labute approximate surface area is 113 Å². The van der Waals surface area contributed by atoms with E-state index in [1.807, 2.05) is 0 Å². The van der Waals surface area contributed by atoms with Crippen LogP contribution in [0.15, 0.2) is 21.7 Å². The summed E-state index contributed by atoms with van der Waals surface area (Å²) < 4.78 is 0. The van der Waals surface area contributed by atoms with E-state index in [1.54, 1.807) is 6.07 Å². The van der Waals surface area contributed by atoms with Crippen LogP contribution in [-0.2, 0) is 11.3 Å². The molecule has 0 atom stereocenters. The molecule has 19 heavy (non-hydrogen) atoms. The Morgan fingerprint density at radius 3 is 2.58 bits per heavy atom. The van der Waals surface area contributed by atoms with E-state index in [2.05, 4.69) is 17.0 Å². The van der Waals surface area contributed by atoms with Crippen LogP contribution in [0.25, 0.3) is 11.0 Å². The van der Waals surface area contributed by atoms with E-state index >= 15 is 0 Å². The molecule has 7 heteroatoms. The zero-order valence-electron chi connectivity index (χ0n) is 10.1. The third-order valence-corrected chi connectivity index (χ3v) is 2.90. The van der Waals surface area contributed by atoms with Crippen molar-refractivity contribution < 1.29 is 4.79 Å². The van der Waals surface area contributed by atoms with Gasteiger partial charge >= 0.3 is 11.1 Å². The molecule has 0 aliphatic rings. The lowest BCUT2D eigenvalue weighted by Gasteiger charge is -2.16. The number of benzene rings is 1. The lowest BCUT2D eigenvalue weighted by molar-refractivity contribution is -0.126. The van der Waals surface area contributed by atoms with E-state index in [0.717, 1.165) is 0 Å². The molecule has 0 aliphatic carbocycles. The normalized spacial score (nSPS) is 10.7. The molecule has 1 aromatic heterocycles. The molecule has 0 bridgehead atoms. The number of H-pyrrole nitrogens is 2. The van der Waals surface area contributed by atoms with E-state index in [0.29, 0.717) is 21.6 Å². The van der Waals surface area contributed by atoms with Gasteiger partial charge in [-0.2, -0.15) is 0 Å². The van der Waals surface area contributed by atoms with Crippen molar-refractivity contribution in [2.45, 2.75) is 13.5 Å². The van der Waals surface area contributed by atoms with Gasteiger partial charge in [0.2, 0.25) is 5.91 Å². The number of aromatic nitrogens is 2. The van der Waals surface area contributed by atoms with E-state index in [-0.39, 0.29) is 12.5 Å². The predicted octanol–water partition coefficient (Wildman–Crippen LogP) is 1.01. The molecule has 0 spiro atoms. The Kier molecular flexibility index (Phi) is 3.44. The minimum absolute atomic E-state index is 0.175. The van der Waals surface area contributed by atoms with Crippen molar-refractivity contribution in [3.05, 3.63) is 50.5 Å². The molecule has 0 fully saturated rings. The molecule has 0 saturated carbocycles. The Hall–Kier alpha value is -2.08. The molecule has 2 aromatic rings. The van der Waals surface area contributed by atoms with Crippen LogP contribution >= 0.6 is 11.6 Å².